The van der Waals surface area contributed by atoms with Crippen LogP contribution in [-0.4, -0.2) is 74.2 Å². The minimum atomic E-state index is 0.124. The fraction of sp³-hybridized carbons (Fsp3) is 0.500. The molecule has 6 aromatic rings. The molecule has 1 amide bonds. The van der Waals surface area contributed by atoms with Gasteiger partial charge in [0, 0.05) is 71.7 Å². The van der Waals surface area contributed by atoms with E-state index >= 15 is 0 Å². The molecule has 0 spiro atoms. The van der Waals surface area contributed by atoms with Crippen LogP contribution in [0.3, 0.4) is 0 Å². The topological polar surface area (TPSA) is 76.1 Å². The van der Waals surface area contributed by atoms with Crippen molar-refractivity contribution in [1.29, 1.82) is 0 Å². The smallest absolute Gasteiger partial charge is 0.222 e. The van der Waals surface area contributed by atoms with Crippen molar-refractivity contribution in [3.8, 4) is 11.5 Å². The van der Waals surface area contributed by atoms with E-state index in [2.05, 4.69) is 65.6 Å². The largest absolute Gasteiger partial charge is 0.497 e. The Morgan fingerprint density at radius 1 is 0.507 bits per heavy atom. The number of fused-ring (bicyclic) bond motifs is 2. The van der Waals surface area contributed by atoms with Crippen molar-refractivity contribution in [3.05, 3.63) is 128 Å². The molecule has 0 radical (unpaired) electrons. The number of benzene rings is 4. The van der Waals surface area contributed by atoms with Crippen molar-refractivity contribution in [1.82, 2.24) is 9.80 Å². The van der Waals surface area contributed by atoms with Gasteiger partial charge >= 0.3 is 0 Å². The second kappa shape index (κ2) is 25.2. The lowest BCUT2D eigenvalue weighted by atomic mass is 9.85. The van der Waals surface area contributed by atoms with E-state index in [0.717, 1.165) is 94.4 Å². The Labute approximate surface area is 431 Å². The Balaban J connectivity index is 0.000000176. The van der Waals surface area contributed by atoms with Gasteiger partial charge < -0.3 is 19.3 Å². The third-order valence-corrected chi connectivity index (χ3v) is 18.5. The number of methoxy groups -OCH3 is 2. The lowest BCUT2D eigenvalue weighted by molar-refractivity contribution is -0.132. The van der Waals surface area contributed by atoms with E-state index in [1.54, 1.807) is 36.9 Å². The average molecular weight is 993 g/mol. The van der Waals surface area contributed by atoms with Gasteiger partial charge in [0.2, 0.25) is 5.91 Å². The summed E-state index contributed by atoms with van der Waals surface area (Å²) >= 11 is 3.58. The number of hydrogen-bond donors (Lipinski definition) is 0. The number of aryl methyl sites for hydroxylation is 2. The van der Waals surface area contributed by atoms with Crippen molar-refractivity contribution in [2.45, 2.75) is 153 Å². The Morgan fingerprint density at radius 2 is 0.944 bits per heavy atom. The summed E-state index contributed by atoms with van der Waals surface area (Å²) < 4.78 is 13.2. The normalized spacial score (nSPS) is 17.2. The van der Waals surface area contributed by atoms with Crippen molar-refractivity contribution in [2.24, 2.45) is 0 Å². The quantitative estimate of drug-likeness (QED) is 0.0669. The first kappa shape index (κ1) is 51.1. The molecule has 10 rings (SSSR count). The molecule has 4 aromatic carbocycles. The average Bonchev–Trinajstić information content (AvgIpc) is 4.02. The molecule has 2 aliphatic carbocycles. The van der Waals surface area contributed by atoms with Crippen molar-refractivity contribution in [2.75, 3.05) is 46.9 Å². The molecule has 2 aromatic heterocycles. The highest BCUT2D eigenvalue weighted by Gasteiger charge is 2.29. The predicted octanol–water partition coefficient (Wildman–Crippen LogP) is 15.5. The van der Waals surface area contributed by atoms with Crippen LogP contribution in [0, 0.1) is 0 Å². The first-order valence-corrected chi connectivity index (χ1v) is 29.0. The monoisotopic (exact) mass is 993 g/mol. The van der Waals surface area contributed by atoms with Crippen LogP contribution in [-0.2, 0) is 17.6 Å². The molecule has 71 heavy (non-hydrogen) atoms. The van der Waals surface area contributed by atoms with E-state index in [1.165, 1.54) is 148 Å². The van der Waals surface area contributed by atoms with E-state index in [-0.39, 0.29) is 17.5 Å². The van der Waals surface area contributed by atoms with Crippen molar-refractivity contribution in [3.63, 3.8) is 0 Å². The number of unbranched alkanes of at least 4 members (excludes halogenated alkanes) is 1. The number of thiophene rings is 2. The molecule has 0 N–H and O–H groups in total. The molecule has 7 nitrogen and oxygen atoms in total. The molecule has 0 atom stereocenters. The van der Waals surface area contributed by atoms with Gasteiger partial charge in [-0.25, -0.2) is 0 Å². The Bertz CT molecular complexity index is 2690. The second-order valence-corrected chi connectivity index (χ2v) is 23.0. The standard InChI is InChI=1S/C31H37NO3S.C31H39NO2S/c1-35-25-17-18-26-27(21-25)36-31(24-10-4-2-5-11-24)29(26)30(34)23-15-13-22(14-16-23)9-8-12-28(33)32-19-6-3-7-20-32;1-34-26-17-18-27-28(22-26)35-31(25-11-4-2-5-12-25)29(27)30(33)24-15-13-23(14-16-24)10-6-9-21-32-19-7-3-8-20-32/h13-18,21,24H,2-12,19-20H2,1H3;13-18,22,25H,2-12,19-21H2,1H3. The second-order valence-electron chi connectivity index (χ2n) is 20.8. The van der Waals surface area contributed by atoms with Gasteiger partial charge in [-0.1, -0.05) is 93.5 Å². The lowest BCUT2D eigenvalue weighted by Gasteiger charge is -2.26. The van der Waals surface area contributed by atoms with Gasteiger partial charge in [-0.2, -0.15) is 0 Å². The van der Waals surface area contributed by atoms with Gasteiger partial charge in [-0.3, -0.25) is 14.4 Å². The number of hydrogen-bond acceptors (Lipinski definition) is 8. The zero-order chi connectivity index (χ0) is 48.9. The highest BCUT2D eigenvalue weighted by Crippen LogP contribution is 2.46. The number of carbonyl (C=O) groups is 3. The van der Waals surface area contributed by atoms with Crippen LogP contribution in [0.1, 0.15) is 193 Å². The Kier molecular flexibility index (Phi) is 18.1. The van der Waals surface area contributed by atoms with Crippen LogP contribution in [0.2, 0.25) is 0 Å². The number of ketones is 2. The van der Waals surface area contributed by atoms with Gasteiger partial charge in [0.1, 0.15) is 11.5 Å². The van der Waals surface area contributed by atoms with E-state index in [4.69, 9.17) is 9.47 Å². The van der Waals surface area contributed by atoms with Gasteiger partial charge in [0.05, 0.1) is 14.2 Å². The number of rotatable bonds is 17. The Morgan fingerprint density at radius 3 is 1.41 bits per heavy atom. The number of nitrogens with zero attached hydrogens (tertiary/aromatic N) is 2. The highest BCUT2D eigenvalue weighted by molar-refractivity contribution is 7.20. The molecular weight excluding hydrogens is 917 g/mol. The summed E-state index contributed by atoms with van der Waals surface area (Å²) in [5, 5.41) is 2.13. The van der Waals surface area contributed by atoms with Crippen LogP contribution in [0.4, 0.5) is 0 Å². The summed E-state index contributed by atoms with van der Waals surface area (Å²) in [7, 11) is 3.39. The van der Waals surface area contributed by atoms with Crippen LogP contribution >= 0.6 is 22.7 Å². The van der Waals surface area contributed by atoms with Crippen LogP contribution in [0.5, 0.6) is 11.5 Å². The summed E-state index contributed by atoms with van der Waals surface area (Å²) in [4.78, 5) is 47.3. The molecule has 0 bridgehead atoms. The zero-order valence-corrected chi connectivity index (χ0v) is 44.2. The molecule has 0 unspecified atom stereocenters. The minimum Gasteiger partial charge on any atom is -0.497 e. The molecule has 2 saturated carbocycles. The fourth-order valence-corrected chi connectivity index (χ4v) is 14.5. The maximum Gasteiger partial charge on any atom is 0.222 e. The van der Waals surface area contributed by atoms with Crippen LogP contribution in [0.25, 0.3) is 20.2 Å². The van der Waals surface area contributed by atoms with Crippen molar-refractivity contribution < 1.29 is 23.9 Å². The Hall–Kier alpha value is -4.83. The lowest BCUT2D eigenvalue weighted by Crippen LogP contribution is -2.35. The highest BCUT2D eigenvalue weighted by atomic mass is 32.1. The van der Waals surface area contributed by atoms with Gasteiger partial charge in [-0.05, 0) is 169 Å². The molecule has 4 aliphatic rings. The molecular formula is C62H76N2O5S2. The summed E-state index contributed by atoms with van der Waals surface area (Å²) in [5.41, 5.74) is 5.92. The van der Waals surface area contributed by atoms with Crippen LogP contribution < -0.4 is 9.47 Å². The molecule has 2 aliphatic heterocycles. The number of amides is 1. The third-order valence-electron chi connectivity index (χ3n) is 15.9. The third kappa shape index (κ3) is 12.9. The fourth-order valence-electron chi connectivity index (χ4n) is 11.7. The number of piperidine rings is 2. The van der Waals surface area contributed by atoms with Gasteiger partial charge in [0.15, 0.2) is 11.6 Å². The minimum absolute atomic E-state index is 0.124. The van der Waals surface area contributed by atoms with Gasteiger partial charge in [0.25, 0.3) is 0 Å². The molecule has 9 heteroatoms. The van der Waals surface area contributed by atoms with E-state index in [0.29, 0.717) is 18.3 Å². The summed E-state index contributed by atoms with van der Waals surface area (Å²) in [6.45, 7) is 5.63. The maximum atomic E-state index is 13.9. The predicted molar refractivity (Wildman–Crippen MR) is 295 cm³/mol. The van der Waals surface area contributed by atoms with Gasteiger partial charge in [-0.15, -0.1) is 22.7 Å². The summed E-state index contributed by atoms with van der Waals surface area (Å²) in [6.07, 6.45) is 25.9. The molecule has 4 heterocycles. The molecule has 2 saturated heterocycles. The van der Waals surface area contributed by atoms with Crippen molar-refractivity contribution >= 4 is 60.3 Å². The number of likely N-dealkylation sites (tertiary alicyclic amines) is 2. The van der Waals surface area contributed by atoms with E-state index < -0.39 is 0 Å². The van der Waals surface area contributed by atoms with E-state index in [1.807, 2.05) is 29.2 Å². The molecule has 4 fully saturated rings. The number of ether oxygens (including phenoxy) is 2. The van der Waals surface area contributed by atoms with Crippen LogP contribution in [0.15, 0.2) is 84.9 Å². The SMILES string of the molecule is COc1ccc2c(C(=O)c3ccc(CCCC(=O)N4CCCCC4)cc3)c(C3CCCCC3)sc2c1.COc1ccc2c(C(=O)c3ccc(CCCCN4CCCCC4)cc3)c(C3CCCCC3)sc2c1. The molecule has 376 valence electrons. The maximum absolute atomic E-state index is 13.9. The first-order valence-electron chi connectivity index (χ1n) is 27.3. The summed E-state index contributed by atoms with van der Waals surface area (Å²) in [6, 6.07) is 28.8. The number of carbonyl (C=O) groups excluding carboxylic acids is 3. The summed E-state index contributed by atoms with van der Waals surface area (Å²) in [5.74, 6) is 3.26. The van der Waals surface area contributed by atoms with E-state index in [9.17, 15) is 14.4 Å². The zero-order valence-electron chi connectivity index (χ0n) is 42.6. The first-order chi connectivity index (χ1) is 34.9.